The minimum Gasteiger partial charge on any atom is -0.436 e. The Morgan fingerprint density at radius 1 is 0.886 bits per heavy atom. The van der Waals surface area contributed by atoms with Crippen molar-refractivity contribution in [2.45, 2.75) is 0 Å². The summed E-state index contributed by atoms with van der Waals surface area (Å²) in [6.07, 6.45) is 0. The van der Waals surface area contributed by atoms with E-state index in [1.165, 1.54) is 36.4 Å². The van der Waals surface area contributed by atoms with Gasteiger partial charge in [0.05, 0.1) is 10.6 Å². The van der Waals surface area contributed by atoms with Crippen molar-refractivity contribution in [1.29, 1.82) is 0 Å². The first-order chi connectivity index (χ1) is 16.8. The van der Waals surface area contributed by atoms with Crippen LogP contribution in [0.25, 0.3) is 22.1 Å². The summed E-state index contributed by atoms with van der Waals surface area (Å²) in [4.78, 5) is 49.5. The molecule has 0 saturated carbocycles. The molecule has 1 saturated heterocycles. The van der Waals surface area contributed by atoms with E-state index < -0.39 is 22.8 Å². The summed E-state index contributed by atoms with van der Waals surface area (Å²) in [6, 6.07) is 19.6. The van der Waals surface area contributed by atoms with Crippen LogP contribution in [-0.4, -0.2) is 27.8 Å². The maximum Gasteiger partial charge on any atom is 0.360 e. The molecule has 4 amide bonds. The number of hydrogen-bond donors (Lipinski definition) is 0. The first kappa shape index (κ1) is 22.2. The molecule has 2 heterocycles. The molecule has 0 bridgehead atoms. The highest BCUT2D eigenvalue weighted by Crippen LogP contribution is 2.26. The van der Waals surface area contributed by atoms with Gasteiger partial charge in [0.25, 0.3) is 5.69 Å². The summed E-state index contributed by atoms with van der Waals surface area (Å²) >= 11 is 3.40. The number of fused-ring (bicyclic) bond motifs is 1. The van der Waals surface area contributed by atoms with Gasteiger partial charge in [0.15, 0.2) is 0 Å². The van der Waals surface area contributed by atoms with E-state index in [0.29, 0.717) is 27.1 Å². The van der Waals surface area contributed by atoms with Gasteiger partial charge in [0.2, 0.25) is 5.55 Å². The molecular weight excluding hydrogens is 520 g/mol. The van der Waals surface area contributed by atoms with E-state index >= 15 is 0 Å². The Hall–Kier alpha value is -4.64. The molecule has 10 nitrogen and oxygen atoms in total. The summed E-state index contributed by atoms with van der Waals surface area (Å²) in [5, 5.41) is 16.3. The lowest BCUT2D eigenvalue weighted by molar-refractivity contribution is -0.384. The topological polar surface area (TPSA) is 126 Å². The van der Waals surface area contributed by atoms with Crippen LogP contribution in [-0.2, 0) is 9.59 Å². The number of halogens is 1. The molecule has 0 radical (unpaired) electrons. The molecule has 1 aromatic heterocycles. The van der Waals surface area contributed by atoms with Crippen molar-refractivity contribution in [3.05, 3.63) is 99.0 Å². The van der Waals surface area contributed by atoms with Crippen LogP contribution in [0.1, 0.15) is 0 Å². The van der Waals surface area contributed by atoms with Crippen molar-refractivity contribution < 1.29 is 23.7 Å². The van der Waals surface area contributed by atoms with E-state index in [4.69, 9.17) is 4.42 Å². The van der Waals surface area contributed by atoms with Crippen molar-refractivity contribution in [3.8, 4) is 11.1 Å². The number of amides is 4. The van der Waals surface area contributed by atoms with Gasteiger partial charge in [-0.1, -0.05) is 34.1 Å². The van der Waals surface area contributed by atoms with E-state index in [1.54, 1.807) is 42.5 Å². The largest absolute Gasteiger partial charge is 0.436 e. The molecule has 4 aromatic rings. The zero-order chi connectivity index (χ0) is 24.7. The highest BCUT2D eigenvalue weighted by atomic mass is 79.9. The zero-order valence-electron chi connectivity index (χ0n) is 17.6. The van der Waals surface area contributed by atoms with Crippen molar-refractivity contribution in [2.75, 3.05) is 4.90 Å². The van der Waals surface area contributed by atoms with Gasteiger partial charge >= 0.3 is 17.8 Å². The van der Waals surface area contributed by atoms with Crippen molar-refractivity contribution >= 4 is 56.1 Å². The number of hydrogen-bond acceptors (Lipinski definition) is 7. The number of rotatable bonds is 4. The minimum atomic E-state index is -1.14. The fraction of sp³-hybridized carbons (Fsp3) is 0. The van der Waals surface area contributed by atoms with E-state index in [-0.39, 0.29) is 16.9 Å². The molecule has 11 heteroatoms. The van der Waals surface area contributed by atoms with Crippen LogP contribution in [0.2, 0.25) is 0 Å². The van der Waals surface area contributed by atoms with E-state index in [2.05, 4.69) is 21.0 Å². The third-order valence-corrected chi connectivity index (χ3v) is 5.75. The van der Waals surface area contributed by atoms with Crippen molar-refractivity contribution in [1.82, 2.24) is 5.01 Å². The van der Waals surface area contributed by atoms with Crippen LogP contribution in [0.15, 0.2) is 92.9 Å². The Labute approximate surface area is 205 Å². The van der Waals surface area contributed by atoms with Gasteiger partial charge in [-0.25, -0.2) is 9.69 Å². The van der Waals surface area contributed by atoms with Crippen LogP contribution in [0.4, 0.5) is 16.2 Å². The molecule has 0 spiro atoms. The highest BCUT2D eigenvalue weighted by Gasteiger charge is 2.46. The molecule has 35 heavy (non-hydrogen) atoms. The number of nitro groups is 1. The van der Waals surface area contributed by atoms with Crippen LogP contribution < -0.4 is 10.5 Å². The summed E-state index contributed by atoms with van der Waals surface area (Å²) in [7, 11) is 0. The van der Waals surface area contributed by atoms with Crippen LogP contribution in [0.3, 0.4) is 0 Å². The van der Waals surface area contributed by atoms with Crippen molar-refractivity contribution in [3.63, 3.8) is 0 Å². The number of anilines is 1. The monoisotopic (exact) mass is 532 g/mol. The summed E-state index contributed by atoms with van der Waals surface area (Å²) in [6.45, 7) is 0. The first-order valence-corrected chi connectivity index (χ1v) is 10.9. The molecule has 0 atom stereocenters. The fourth-order valence-corrected chi connectivity index (χ4v) is 3.96. The third-order valence-electron chi connectivity index (χ3n) is 5.25. The number of non-ortho nitro benzene ring substituents is 1. The molecule has 0 aliphatic carbocycles. The van der Waals surface area contributed by atoms with Gasteiger partial charge in [-0.05, 0) is 54.1 Å². The van der Waals surface area contributed by atoms with Crippen molar-refractivity contribution in [2.24, 2.45) is 5.10 Å². The lowest BCUT2D eigenvalue weighted by Gasteiger charge is -2.12. The second-order valence-electron chi connectivity index (χ2n) is 7.43. The first-order valence-electron chi connectivity index (χ1n) is 10.1. The second kappa shape index (κ2) is 8.61. The SMILES string of the molecule is O=C1C(=O)N(c2ccccc2)C(=O)N1/N=c1/oc2ccc(Br)cc2cc1-c1ccc([N+](=O)[O-])cc1. The van der Waals surface area contributed by atoms with Gasteiger partial charge in [-0.2, -0.15) is 0 Å². The second-order valence-corrected chi connectivity index (χ2v) is 8.34. The number of nitro benzene ring substituents is 1. The van der Waals surface area contributed by atoms with Gasteiger partial charge in [0.1, 0.15) is 5.58 Å². The lowest BCUT2D eigenvalue weighted by Crippen LogP contribution is -2.32. The average Bonchev–Trinajstić information content (AvgIpc) is 3.07. The van der Waals surface area contributed by atoms with E-state index in [9.17, 15) is 24.5 Å². The van der Waals surface area contributed by atoms with Gasteiger partial charge in [0, 0.05) is 27.6 Å². The van der Waals surface area contributed by atoms with Crippen LogP contribution in [0.5, 0.6) is 0 Å². The number of imide groups is 2. The van der Waals surface area contributed by atoms with Crippen LogP contribution >= 0.6 is 15.9 Å². The summed E-state index contributed by atoms with van der Waals surface area (Å²) in [5.41, 5.74) is 1.24. The standard InChI is InChI=1S/C24H13BrN4O6/c25-16-8-11-20-15(12-16)13-19(14-6-9-18(10-7-14)29(33)34)21(35-20)26-28-23(31)22(30)27(24(28)32)17-4-2-1-3-5-17/h1-13H/b26-21+. The maximum atomic E-state index is 13.0. The molecule has 1 aliphatic heterocycles. The molecule has 0 unspecified atom stereocenters. The Bertz CT molecular complexity index is 1600. The maximum absolute atomic E-state index is 13.0. The number of carbonyl (C=O) groups excluding carboxylic acids is 3. The number of nitrogens with zero attached hydrogens (tertiary/aromatic N) is 4. The Kier molecular flexibility index (Phi) is 5.46. The summed E-state index contributed by atoms with van der Waals surface area (Å²) < 4.78 is 6.70. The number of para-hydroxylation sites is 1. The molecule has 0 N–H and O–H groups in total. The molecule has 172 valence electrons. The Balaban J connectivity index is 1.68. The summed E-state index contributed by atoms with van der Waals surface area (Å²) in [5.74, 6) is -2.19. The highest BCUT2D eigenvalue weighted by molar-refractivity contribution is 9.10. The molecule has 1 fully saturated rings. The third kappa shape index (κ3) is 3.97. The smallest absolute Gasteiger partial charge is 0.360 e. The lowest BCUT2D eigenvalue weighted by atomic mass is 10.1. The van der Waals surface area contributed by atoms with E-state index in [0.717, 1.165) is 9.37 Å². The van der Waals surface area contributed by atoms with Gasteiger partial charge in [-0.3, -0.25) is 19.7 Å². The van der Waals surface area contributed by atoms with Gasteiger partial charge < -0.3 is 4.42 Å². The van der Waals surface area contributed by atoms with Crippen LogP contribution in [0, 0.1) is 10.1 Å². The quantitative estimate of drug-likeness (QED) is 0.164. The van der Waals surface area contributed by atoms with Gasteiger partial charge in [-0.15, -0.1) is 10.1 Å². The molecule has 3 aromatic carbocycles. The number of benzene rings is 3. The predicted octanol–water partition coefficient (Wildman–Crippen LogP) is 4.58. The normalized spacial score (nSPS) is 14.3. The zero-order valence-corrected chi connectivity index (χ0v) is 19.2. The Morgan fingerprint density at radius 3 is 2.29 bits per heavy atom. The number of urea groups is 1. The fourth-order valence-electron chi connectivity index (χ4n) is 3.58. The molecular formula is C24H13BrN4O6. The number of carbonyl (C=O) groups is 3. The molecule has 1 aliphatic rings. The average molecular weight is 533 g/mol. The predicted molar refractivity (Wildman–Crippen MR) is 128 cm³/mol. The Morgan fingerprint density at radius 2 is 1.60 bits per heavy atom. The molecule has 5 rings (SSSR count). The minimum absolute atomic E-state index is 0.110. The van der Waals surface area contributed by atoms with E-state index in [1.807, 2.05) is 0 Å².